The topological polar surface area (TPSA) is 18.5 Å². The lowest BCUT2D eigenvalue weighted by atomic mass is 10.1. The van der Waals surface area contributed by atoms with Gasteiger partial charge >= 0.3 is 0 Å². The molecule has 1 fully saturated rings. The van der Waals surface area contributed by atoms with Gasteiger partial charge in [0, 0.05) is 12.8 Å². The summed E-state index contributed by atoms with van der Waals surface area (Å²) in [5, 5.41) is 0. The number of hydrogen-bond acceptors (Lipinski definition) is 2. The lowest BCUT2D eigenvalue weighted by Gasteiger charge is -2.10. The highest BCUT2D eigenvalue weighted by Gasteiger charge is 2.05. The zero-order chi connectivity index (χ0) is 17.0. The second-order valence-electron chi connectivity index (χ2n) is 5.69. The van der Waals surface area contributed by atoms with E-state index in [0.29, 0.717) is 13.2 Å². The molecule has 1 saturated carbocycles. The van der Waals surface area contributed by atoms with Crippen molar-refractivity contribution in [2.45, 2.75) is 39.2 Å². The number of hydrogen-bond donors (Lipinski definition) is 0. The van der Waals surface area contributed by atoms with Gasteiger partial charge in [-0.15, -0.1) is 0 Å². The van der Waals surface area contributed by atoms with Gasteiger partial charge in [0.25, 0.3) is 0 Å². The van der Waals surface area contributed by atoms with Crippen molar-refractivity contribution >= 4 is 18.7 Å². The van der Waals surface area contributed by atoms with Crippen molar-refractivity contribution in [3.05, 3.63) is 65.7 Å². The molecule has 1 unspecified atom stereocenters. The zero-order valence-corrected chi connectivity index (χ0v) is 15.9. The second-order valence-corrected chi connectivity index (χ2v) is 8.16. The molecule has 0 aliphatic heterocycles. The second kappa shape index (κ2) is 11.5. The van der Waals surface area contributed by atoms with Crippen molar-refractivity contribution in [2.24, 2.45) is 0 Å². The quantitative estimate of drug-likeness (QED) is 0.493. The van der Waals surface area contributed by atoms with E-state index in [4.69, 9.17) is 20.5 Å². The average molecular weight is 365 g/mol. The molecule has 0 saturated heterocycles. The molecule has 4 heteroatoms. The molecular formula is C20H26ClO2P. The van der Waals surface area contributed by atoms with Gasteiger partial charge in [0.05, 0.1) is 0 Å². The molecule has 0 amide bonds. The van der Waals surface area contributed by atoms with E-state index in [1.54, 1.807) is 0 Å². The van der Waals surface area contributed by atoms with Crippen LogP contribution < -0.4 is 4.74 Å². The van der Waals surface area contributed by atoms with Crippen molar-refractivity contribution in [3.63, 3.8) is 0 Å². The summed E-state index contributed by atoms with van der Waals surface area (Å²) in [5.41, 5.74) is 2.40. The zero-order valence-electron chi connectivity index (χ0n) is 14.3. The standard InChI is InChI=1S/C17H20ClO2P.C3H6/c1-2-20-21(18)12-11-15-9-6-10-17(13-15)19-14-16-7-4-3-5-8-16;1-2-3-1/h3-10,13H,2,11-12,14H2,1H3;1-3H2. The van der Waals surface area contributed by atoms with E-state index in [0.717, 1.165) is 18.3 Å². The van der Waals surface area contributed by atoms with Crippen LogP contribution in [-0.2, 0) is 17.6 Å². The minimum absolute atomic E-state index is 0.589. The van der Waals surface area contributed by atoms with E-state index in [9.17, 15) is 0 Å². The Labute approximate surface area is 151 Å². The Balaban J connectivity index is 0.000000623. The van der Waals surface area contributed by atoms with Crippen LogP contribution >= 0.6 is 18.7 Å². The predicted molar refractivity (Wildman–Crippen MR) is 104 cm³/mol. The van der Waals surface area contributed by atoms with Crippen LogP contribution in [0.15, 0.2) is 54.6 Å². The van der Waals surface area contributed by atoms with Gasteiger partial charge in [-0.05, 0) is 36.6 Å². The molecule has 0 heterocycles. The summed E-state index contributed by atoms with van der Waals surface area (Å²) >= 11 is 6.12. The van der Waals surface area contributed by atoms with Gasteiger partial charge < -0.3 is 9.26 Å². The predicted octanol–water partition coefficient (Wildman–Crippen LogP) is 6.57. The number of ether oxygens (including phenoxy) is 1. The van der Waals surface area contributed by atoms with E-state index >= 15 is 0 Å². The third-order valence-corrected chi connectivity index (χ3v) is 5.26. The fourth-order valence-corrected chi connectivity index (χ4v) is 3.34. The fourth-order valence-electron chi connectivity index (χ4n) is 1.95. The van der Waals surface area contributed by atoms with Gasteiger partial charge in [0.15, 0.2) is 0 Å². The lowest BCUT2D eigenvalue weighted by molar-refractivity contribution is 0.306. The molecule has 0 bridgehead atoms. The van der Waals surface area contributed by atoms with Crippen molar-refractivity contribution in [1.29, 1.82) is 0 Å². The van der Waals surface area contributed by atoms with Crippen LogP contribution in [0.3, 0.4) is 0 Å². The summed E-state index contributed by atoms with van der Waals surface area (Å²) in [6.07, 6.45) is 6.28. The third kappa shape index (κ3) is 8.68. The maximum Gasteiger partial charge on any atom is 0.124 e. The molecule has 3 rings (SSSR count). The first-order valence-electron chi connectivity index (χ1n) is 8.60. The Morgan fingerprint density at radius 2 is 1.67 bits per heavy atom. The van der Waals surface area contributed by atoms with Crippen LogP contribution in [0.1, 0.15) is 37.3 Å². The first kappa shape index (κ1) is 19.2. The Kier molecular flexibility index (Phi) is 9.20. The first-order chi connectivity index (χ1) is 11.8. The summed E-state index contributed by atoms with van der Waals surface area (Å²) < 4.78 is 11.2. The largest absolute Gasteiger partial charge is 0.489 e. The minimum Gasteiger partial charge on any atom is -0.489 e. The van der Waals surface area contributed by atoms with E-state index in [1.165, 1.54) is 30.4 Å². The highest BCUT2D eigenvalue weighted by Crippen LogP contribution is 2.42. The monoisotopic (exact) mass is 364 g/mol. The van der Waals surface area contributed by atoms with E-state index in [2.05, 4.69) is 24.3 Å². The van der Waals surface area contributed by atoms with Crippen molar-refractivity contribution in [2.75, 3.05) is 12.8 Å². The van der Waals surface area contributed by atoms with Crippen LogP contribution in [0.25, 0.3) is 0 Å². The molecule has 0 radical (unpaired) electrons. The van der Waals surface area contributed by atoms with Crippen molar-refractivity contribution < 1.29 is 9.26 Å². The van der Waals surface area contributed by atoms with E-state index in [1.807, 2.05) is 37.3 Å². The molecule has 1 aliphatic rings. The average Bonchev–Trinajstić information content (AvgIpc) is 3.49. The van der Waals surface area contributed by atoms with Gasteiger partial charge in [0.2, 0.25) is 0 Å². The van der Waals surface area contributed by atoms with Crippen LogP contribution in [0.2, 0.25) is 0 Å². The molecule has 2 nitrogen and oxygen atoms in total. The minimum atomic E-state index is -0.827. The lowest BCUT2D eigenvalue weighted by Crippen LogP contribution is -1.96. The molecule has 2 aromatic carbocycles. The molecule has 0 N–H and O–H groups in total. The summed E-state index contributed by atoms with van der Waals surface area (Å²) in [4.78, 5) is 0. The Hall–Kier alpha value is -1.08. The molecule has 0 aromatic heterocycles. The van der Waals surface area contributed by atoms with Crippen molar-refractivity contribution in [3.8, 4) is 5.75 Å². The molecule has 2 aromatic rings. The smallest absolute Gasteiger partial charge is 0.124 e. The third-order valence-electron chi connectivity index (χ3n) is 3.35. The SMILES string of the molecule is C1CC1.CCOP(Cl)CCc1cccc(OCc2ccccc2)c1. The van der Waals surface area contributed by atoms with Crippen LogP contribution in [0.4, 0.5) is 0 Å². The number of halogens is 1. The number of aryl methyl sites for hydroxylation is 1. The molecule has 0 spiro atoms. The van der Waals surface area contributed by atoms with Crippen LogP contribution in [-0.4, -0.2) is 12.8 Å². The van der Waals surface area contributed by atoms with Crippen molar-refractivity contribution in [1.82, 2.24) is 0 Å². The Morgan fingerprint density at radius 1 is 0.958 bits per heavy atom. The van der Waals surface area contributed by atoms with E-state index in [-0.39, 0.29) is 0 Å². The van der Waals surface area contributed by atoms with Gasteiger partial charge in [-0.1, -0.05) is 73.0 Å². The summed E-state index contributed by atoms with van der Waals surface area (Å²) in [6.45, 7) is 3.23. The van der Waals surface area contributed by atoms with Crippen LogP contribution in [0, 0.1) is 0 Å². The van der Waals surface area contributed by atoms with E-state index < -0.39 is 7.50 Å². The number of benzene rings is 2. The fraction of sp³-hybridized carbons (Fsp3) is 0.400. The highest BCUT2D eigenvalue weighted by atomic mass is 35.7. The van der Waals surface area contributed by atoms with Gasteiger partial charge in [0.1, 0.15) is 19.9 Å². The molecule has 1 atom stereocenters. The maximum absolute atomic E-state index is 6.12. The Morgan fingerprint density at radius 3 is 2.33 bits per heavy atom. The Bertz CT molecular complexity index is 572. The maximum atomic E-state index is 6.12. The summed E-state index contributed by atoms with van der Waals surface area (Å²) in [6, 6.07) is 18.4. The molecule has 130 valence electrons. The van der Waals surface area contributed by atoms with Gasteiger partial charge in [-0.2, -0.15) is 0 Å². The van der Waals surface area contributed by atoms with Crippen LogP contribution in [0.5, 0.6) is 5.75 Å². The molecular weight excluding hydrogens is 339 g/mol. The highest BCUT2D eigenvalue weighted by molar-refractivity contribution is 7.80. The molecule has 24 heavy (non-hydrogen) atoms. The van der Waals surface area contributed by atoms with Gasteiger partial charge in [-0.3, -0.25) is 0 Å². The first-order valence-corrected chi connectivity index (χ1v) is 10.9. The summed E-state index contributed by atoms with van der Waals surface area (Å²) in [7, 11) is -0.827. The normalized spacial score (nSPS) is 13.6. The van der Waals surface area contributed by atoms with Gasteiger partial charge in [-0.25, -0.2) is 0 Å². The summed E-state index contributed by atoms with van der Waals surface area (Å²) in [5.74, 6) is 0.895. The number of rotatable bonds is 8. The molecule has 1 aliphatic carbocycles.